The first kappa shape index (κ1) is 12.6. The lowest BCUT2D eigenvalue weighted by Gasteiger charge is -2.04. The van der Waals surface area contributed by atoms with E-state index in [1.54, 1.807) is 11.3 Å². The van der Waals surface area contributed by atoms with Crippen LogP contribution in [0.4, 0.5) is 0 Å². The number of amidine groups is 1. The Kier molecular flexibility index (Phi) is 3.99. The van der Waals surface area contributed by atoms with Crippen molar-refractivity contribution < 1.29 is 4.84 Å². The SMILES string of the molecule is Cc1cc(C)cc(CO/N=C(\N)c2ccsc2)c1. The van der Waals surface area contributed by atoms with Gasteiger partial charge >= 0.3 is 0 Å². The molecule has 0 aliphatic heterocycles. The second-order valence-corrected chi connectivity index (χ2v) is 5.04. The molecule has 0 unspecified atom stereocenters. The zero-order valence-corrected chi connectivity index (χ0v) is 11.3. The molecule has 18 heavy (non-hydrogen) atoms. The number of oxime groups is 1. The van der Waals surface area contributed by atoms with Gasteiger partial charge in [-0.3, -0.25) is 0 Å². The maximum atomic E-state index is 5.80. The maximum absolute atomic E-state index is 5.80. The van der Waals surface area contributed by atoms with E-state index in [1.165, 1.54) is 11.1 Å². The van der Waals surface area contributed by atoms with Crippen LogP contribution < -0.4 is 5.73 Å². The summed E-state index contributed by atoms with van der Waals surface area (Å²) in [6.07, 6.45) is 0. The fraction of sp³-hybridized carbons (Fsp3) is 0.214. The van der Waals surface area contributed by atoms with Crippen molar-refractivity contribution >= 4 is 17.2 Å². The van der Waals surface area contributed by atoms with Gasteiger partial charge in [-0.2, -0.15) is 11.3 Å². The van der Waals surface area contributed by atoms with E-state index < -0.39 is 0 Å². The van der Waals surface area contributed by atoms with Crippen molar-refractivity contribution in [1.29, 1.82) is 0 Å². The molecule has 0 fully saturated rings. The van der Waals surface area contributed by atoms with Crippen LogP contribution >= 0.6 is 11.3 Å². The van der Waals surface area contributed by atoms with Crippen molar-refractivity contribution in [2.24, 2.45) is 10.9 Å². The van der Waals surface area contributed by atoms with E-state index in [2.05, 4.69) is 37.2 Å². The minimum absolute atomic E-state index is 0.417. The molecule has 0 atom stereocenters. The number of hydrogen-bond donors (Lipinski definition) is 1. The lowest BCUT2D eigenvalue weighted by atomic mass is 10.1. The molecule has 1 heterocycles. The minimum atomic E-state index is 0.417. The van der Waals surface area contributed by atoms with Crippen molar-refractivity contribution in [3.05, 3.63) is 57.3 Å². The van der Waals surface area contributed by atoms with Crippen molar-refractivity contribution in [2.45, 2.75) is 20.5 Å². The highest BCUT2D eigenvalue weighted by atomic mass is 32.1. The first-order chi connectivity index (χ1) is 8.65. The average molecular weight is 260 g/mol. The number of nitrogens with zero attached hydrogens (tertiary/aromatic N) is 1. The predicted octanol–water partition coefficient (Wildman–Crippen LogP) is 3.20. The number of hydrogen-bond acceptors (Lipinski definition) is 3. The first-order valence-electron chi connectivity index (χ1n) is 5.70. The van der Waals surface area contributed by atoms with Gasteiger partial charge in [-0.25, -0.2) is 0 Å². The topological polar surface area (TPSA) is 47.6 Å². The maximum Gasteiger partial charge on any atom is 0.171 e. The average Bonchev–Trinajstić information content (AvgIpc) is 2.80. The van der Waals surface area contributed by atoms with Gasteiger partial charge in [-0.05, 0) is 30.9 Å². The summed E-state index contributed by atoms with van der Waals surface area (Å²) in [5, 5.41) is 7.83. The van der Waals surface area contributed by atoms with Crippen molar-refractivity contribution in [3.8, 4) is 0 Å². The second kappa shape index (κ2) is 5.69. The molecular weight excluding hydrogens is 244 g/mol. The molecule has 4 heteroatoms. The Morgan fingerprint density at radius 3 is 2.61 bits per heavy atom. The quantitative estimate of drug-likeness (QED) is 0.521. The van der Waals surface area contributed by atoms with Gasteiger partial charge in [-0.1, -0.05) is 34.5 Å². The highest BCUT2D eigenvalue weighted by molar-refractivity contribution is 7.08. The fourth-order valence-electron chi connectivity index (χ4n) is 1.79. The summed E-state index contributed by atoms with van der Waals surface area (Å²) in [5.74, 6) is 0.417. The molecule has 0 aliphatic carbocycles. The Labute approximate surface area is 111 Å². The molecule has 0 bridgehead atoms. The van der Waals surface area contributed by atoms with Crippen molar-refractivity contribution in [2.75, 3.05) is 0 Å². The van der Waals surface area contributed by atoms with E-state index in [0.29, 0.717) is 12.4 Å². The summed E-state index contributed by atoms with van der Waals surface area (Å²) in [4.78, 5) is 5.28. The summed E-state index contributed by atoms with van der Waals surface area (Å²) in [6.45, 7) is 4.58. The van der Waals surface area contributed by atoms with Crippen LogP contribution in [0, 0.1) is 13.8 Å². The van der Waals surface area contributed by atoms with E-state index in [4.69, 9.17) is 10.6 Å². The Hall–Kier alpha value is -1.81. The molecule has 2 aromatic rings. The van der Waals surface area contributed by atoms with Crippen LogP contribution in [0.15, 0.2) is 40.2 Å². The fourth-order valence-corrected chi connectivity index (χ4v) is 2.44. The van der Waals surface area contributed by atoms with Crippen LogP contribution in [-0.2, 0) is 11.4 Å². The van der Waals surface area contributed by atoms with E-state index in [1.807, 2.05) is 16.8 Å². The summed E-state index contributed by atoms with van der Waals surface area (Å²) in [7, 11) is 0. The number of aryl methyl sites for hydroxylation is 2. The van der Waals surface area contributed by atoms with Crippen LogP contribution in [-0.4, -0.2) is 5.84 Å². The monoisotopic (exact) mass is 260 g/mol. The number of benzene rings is 1. The smallest absolute Gasteiger partial charge is 0.171 e. The van der Waals surface area contributed by atoms with Crippen LogP contribution in [0.3, 0.4) is 0 Å². The van der Waals surface area contributed by atoms with Crippen LogP contribution in [0.25, 0.3) is 0 Å². The molecular formula is C14H16N2OS. The molecule has 0 amide bonds. The van der Waals surface area contributed by atoms with Crippen LogP contribution in [0.2, 0.25) is 0 Å². The van der Waals surface area contributed by atoms with Gasteiger partial charge in [0.05, 0.1) is 0 Å². The van der Waals surface area contributed by atoms with Crippen molar-refractivity contribution in [3.63, 3.8) is 0 Å². The van der Waals surface area contributed by atoms with Crippen molar-refractivity contribution in [1.82, 2.24) is 0 Å². The van der Waals surface area contributed by atoms with Gasteiger partial charge in [0.1, 0.15) is 6.61 Å². The van der Waals surface area contributed by atoms with Gasteiger partial charge in [0.15, 0.2) is 5.84 Å². The van der Waals surface area contributed by atoms with Gasteiger partial charge in [0.25, 0.3) is 0 Å². The van der Waals surface area contributed by atoms with Gasteiger partial charge in [0.2, 0.25) is 0 Å². The molecule has 2 rings (SSSR count). The zero-order valence-electron chi connectivity index (χ0n) is 10.5. The molecule has 0 aliphatic rings. The van der Waals surface area contributed by atoms with E-state index in [-0.39, 0.29) is 0 Å². The predicted molar refractivity (Wildman–Crippen MR) is 75.7 cm³/mol. The zero-order chi connectivity index (χ0) is 13.0. The number of nitrogens with two attached hydrogens (primary N) is 1. The van der Waals surface area contributed by atoms with E-state index >= 15 is 0 Å². The standard InChI is InChI=1S/C14H16N2OS/c1-10-5-11(2)7-12(6-10)8-17-16-14(15)13-3-4-18-9-13/h3-7,9H,8H2,1-2H3,(H2,15,16). The Morgan fingerprint density at radius 2 is 2.00 bits per heavy atom. The van der Waals surface area contributed by atoms with Crippen LogP contribution in [0.5, 0.6) is 0 Å². The third-order valence-electron chi connectivity index (χ3n) is 2.49. The van der Waals surface area contributed by atoms with Crippen LogP contribution in [0.1, 0.15) is 22.3 Å². The number of thiophene rings is 1. The molecule has 3 nitrogen and oxygen atoms in total. The highest BCUT2D eigenvalue weighted by Gasteiger charge is 2.00. The third kappa shape index (κ3) is 3.34. The minimum Gasteiger partial charge on any atom is -0.389 e. The normalized spacial score (nSPS) is 11.6. The summed E-state index contributed by atoms with van der Waals surface area (Å²) < 4.78 is 0. The molecule has 0 saturated carbocycles. The summed E-state index contributed by atoms with van der Waals surface area (Å²) in [5.41, 5.74) is 10.3. The molecule has 0 radical (unpaired) electrons. The molecule has 94 valence electrons. The molecule has 1 aromatic heterocycles. The molecule has 0 spiro atoms. The second-order valence-electron chi connectivity index (χ2n) is 4.26. The third-order valence-corrected chi connectivity index (χ3v) is 3.18. The molecule has 1 aromatic carbocycles. The number of rotatable bonds is 4. The van der Waals surface area contributed by atoms with Gasteiger partial charge in [0, 0.05) is 10.9 Å². The van der Waals surface area contributed by atoms with Gasteiger partial charge in [-0.15, -0.1) is 0 Å². The van der Waals surface area contributed by atoms with E-state index in [0.717, 1.165) is 11.1 Å². The Balaban J connectivity index is 1.98. The first-order valence-corrected chi connectivity index (χ1v) is 6.64. The molecule has 2 N–H and O–H groups in total. The molecule has 0 saturated heterocycles. The lowest BCUT2D eigenvalue weighted by Crippen LogP contribution is -2.12. The Bertz CT molecular complexity index is 527. The summed E-state index contributed by atoms with van der Waals surface area (Å²) in [6, 6.07) is 8.22. The van der Waals surface area contributed by atoms with E-state index in [9.17, 15) is 0 Å². The highest BCUT2D eigenvalue weighted by Crippen LogP contribution is 2.10. The van der Waals surface area contributed by atoms with Gasteiger partial charge < -0.3 is 10.6 Å². The summed E-state index contributed by atoms with van der Waals surface area (Å²) >= 11 is 1.59. The largest absolute Gasteiger partial charge is 0.389 e. The Morgan fingerprint density at radius 1 is 1.28 bits per heavy atom. The lowest BCUT2D eigenvalue weighted by molar-refractivity contribution is 0.130.